The molecule has 0 spiro atoms. The average Bonchev–Trinajstić information content (AvgIpc) is 2.45. The number of nitrogens with zero attached hydrogens (tertiary/aromatic N) is 2. The third-order valence-electron chi connectivity index (χ3n) is 2.86. The first-order valence-corrected chi connectivity index (χ1v) is 5.98. The number of fused-ring (bicyclic) bond motifs is 1. The van der Waals surface area contributed by atoms with Crippen LogP contribution in [0.2, 0.25) is 0 Å². The molecule has 0 saturated carbocycles. The zero-order valence-corrected chi connectivity index (χ0v) is 10.5. The van der Waals surface area contributed by atoms with Crippen LogP contribution in [0.4, 0.5) is 5.69 Å². The molecule has 0 aliphatic heterocycles. The third kappa shape index (κ3) is 2.20. The van der Waals surface area contributed by atoms with E-state index in [1.165, 1.54) is 0 Å². The SMILES string of the molecule is Cc1ccc(Oc2ccc(N)c3ncccc23)nc1. The largest absolute Gasteiger partial charge is 0.438 e. The summed E-state index contributed by atoms with van der Waals surface area (Å²) in [6.07, 6.45) is 3.49. The van der Waals surface area contributed by atoms with Gasteiger partial charge in [-0.25, -0.2) is 4.98 Å². The fourth-order valence-electron chi connectivity index (χ4n) is 1.88. The molecule has 1 aromatic carbocycles. The predicted molar refractivity (Wildman–Crippen MR) is 75.2 cm³/mol. The second-order valence-electron chi connectivity index (χ2n) is 4.33. The highest BCUT2D eigenvalue weighted by Gasteiger charge is 2.07. The van der Waals surface area contributed by atoms with Crippen LogP contribution in [0.1, 0.15) is 5.56 Å². The molecule has 0 radical (unpaired) electrons. The molecule has 4 nitrogen and oxygen atoms in total. The fraction of sp³-hybridized carbons (Fsp3) is 0.0667. The number of rotatable bonds is 2. The number of benzene rings is 1. The van der Waals surface area contributed by atoms with Crippen LogP contribution < -0.4 is 10.5 Å². The zero-order valence-electron chi connectivity index (χ0n) is 10.5. The summed E-state index contributed by atoms with van der Waals surface area (Å²) in [5, 5.41) is 0.880. The van der Waals surface area contributed by atoms with E-state index in [0.29, 0.717) is 17.3 Å². The van der Waals surface area contributed by atoms with Gasteiger partial charge in [0.1, 0.15) is 5.75 Å². The zero-order chi connectivity index (χ0) is 13.2. The standard InChI is InChI=1S/C15H13N3O/c1-10-4-7-14(18-9-10)19-13-6-5-12(16)15-11(13)3-2-8-17-15/h2-9H,16H2,1H3. The van der Waals surface area contributed by atoms with E-state index < -0.39 is 0 Å². The summed E-state index contributed by atoms with van der Waals surface area (Å²) in [6, 6.07) is 11.2. The molecule has 0 unspecified atom stereocenters. The van der Waals surface area contributed by atoms with Crippen molar-refractivity contribution < 1.29 is 4.74 Å². The molecule has 0 aliphatic rings. The number of nitrogen functional groups attached to an aromatic ring is 1. The van der Waals surface area contributed by atoms with Gasteiger partial charge < -0.3 is 10.5 Å². The molecule has 0 bridgehead atoms. The molecule has 0 fully saturated rings. The van der Waals surface area contributed by atoms with Crippen molar-refractivity contribution in [2.45, 2.75) is 6.92 Å². The minimum atomic E-state index is 0.556. The van der Waals surface area contributed by atoms with Crippen LogP contribution in [-0.4, -0.2) is 9.97 Å². The molecule has 4 heteroatoms. The van der Waals surface area contributed by atoms with Gasteiger partial charge in [0, 0.05) is 23.8 Å². The van der Waals surface area contributed by atoms with Gasteiger partial charge in [0.05, 0.1) is 11.2 Å². The summed E-state index contributed by atoms with van der Waals surface area (Å²) in [5.41, 5.74) is 8.38. The van der Waals surface area contributed by atoms with Crippen molar-refractivity contribution in [3.05, 3.63) is 54.4 Å². The smallest absolute Gasteiger partial charge is 0.219 e. The molecule has 94 valence electrons. The van der Waals surface area contributed by atoms with E-state index in [2.05, 4.69) is 9.97 Å². The van der Waals surface area contributed by atoms with Gasteiger partial charge in [-0.2, -0.15) is 0 Å². The number of aromatic nitrogens is 2. The molecule has 2 N–H and O–H groups in total. The lowest BCUT2D eigenvalue weighted by Gasteiger charge is -2.09. The van der Waals surface area contributed by atoms with Crippen LogP contribution in [0.15, 0.2) is 48.8 Å². The fourth-order valence-corrected chi connectivity index (χ4v) is 1.88. The quantitative estimate of drug-likeness (QED) is 0.710. The Hall–Kier alpha value is -2.62. The highest BCUT2D eigenvalue weighted by atomic mass is 16.5. The van der Waals surface area contributed by atoms with Crippen molar-refractivity contribution in [3.63, 3.8) is 0 Å². The van der Waals surface area contributed by atoms with Crippen molar-refractivity contribution in [1.82, 2.24) is 9.97 Å². The Labute approximate surface area is 110 Å². The Morgan fingerprint density at radius 3 is 2.74 bits per heavy atom. The molecule has 0 amide bonds. The van der Waals surface area contributed by atoms with Gasteiger partial charge in [-0.1, -0.05) is 6.07 Å². The summed E-state index contributed by atoms with van der Waals surface area (Å²) in [5.74, 6) is 1.26. The Balaban J connectivity index is 2.06. The summed E-state index contributed by atoms with van der Waals surface area (Å²) >= 11 is 0. The highest BCUT2D eigenvalue weighted by Crippen LogP contribution is 2.31. The first-order valence-electron chi connectivity index (χ1n) is 5.98. The van der Waals surface area contributed by atoms with Crippen molar-refractivity contribution in [2.75, 3.05) is 5.73 Å². The molecule has 0 atom stereocenters. The number of hydrogen-bond acceptors (Lipinski definition) is 4. The third-order valence-corrected chi connectivity index (χ3v) is 2.86. The van der Waals surface area contributed by atoms with Gasteiger partial charge in [0.2, 0.25) is 5.88 Å². The lowest BCUT2D eigenvalue weighted by molar-refractivity contribution is 0.468. The second kappa shape index (κ2) is 4.57. The van der Waals surface area contributed by atoms with Gasteiger partial charge >= 0.3 is 0 Å². The Bertz CT molecular complexity index is 723. The van der Waals surface area contributed by atoms with Crippen LogP contribution in [0.5, 0.6) is 11.6 Å². The molecule has 0 aliphatic carbocycles. The van der Waals surface area contributed by atoms with Crippen LogP contribution >= 0.6 is 0 Å². The predicted octanol–water partition coefficient (Wildman–Crippen LogP) is 3.31. The highest BCUT2D eigenvalue weighted by molar-refractivity contribution is 5.93. The van der Waals surface area contributed by atoms with Crippen LogP contribution in [0.3, 0.4) is 0 Å². The van der Waals surface area contributed by atoms with E-state index in [9.17, 15) is 0 Å². The van der Waals surface area contributed by atoms with Gasteiger partial charge in [-0.15, -0.1) is 0 Å². The molecule has 2 aromatic heterocycles. The number of nitrogens with two attached hydrogens (primary N) is 1. The average molecular weight is 251 g/mol. The van der Waals surface area contributed by atoms with Crippen molar-refractivity contribution in [3.8, 4) is 11.6 Å². The first kappa shape index (κ1) is 11.5. The minimum absolute atomic E-state index is 0.556. The first-order chi connectivity index (χ1) is 9.24. The van der Waals surface area contributed by atoms with Crippen molar-refractivity contribution in [2.24, 2.45) is 0 Å². The van der Waals surface area contributed by atoms with Crippen LogP contribution in [0.25, 0.3) is 10.9 Å². The Kier molecular flexibility index (Phi) is 2.76. The van der Waals surface area contributed by atoms with Gasteiger partial charge in [-0.3, -0.25) is 4.98 Å². The summed E-state index contributed by atoms with van der Waals surface area (Å²) in [6.45, 7) is 1.99. The monoisotopic (exact) mass is 251 g/mol. The number of anilines is 1. The number of pyridine rings is 2. The lowest BCUT2D eigenvalue weighted by atomic mass is 10.2. The minimum Gasteiger partial charge on any atom is -0.438 e. The molecule has 0 saturated heterocycles. The summed E-state index contributed by atoms with van der Waals surface area (Å²) in [4.78, 5) is 8.50. The second-order valence-corrected chi connectivity index (χ2v) is 4.33. The molecular formula is C15H13N3O. The lowest BCUT2D eigenvalue weighted by Crippen LogP contribution is -1.93. The van der Waals surface area contributed by atoms with Crippen molar-refractivity contribution in [1.29, 1.82) is 0 Å². The number of aryl methyl sites for hydroxylation is 1. The Morgan fingerprint density at radius 1 is 1.05 bits per heavy atom. The van der Waals surface area contributed by atoms with E-state index >= 15 is 0 Å². The van der Waals surface area contributed by atoms with Gasteiger partial charge in [0.15, 0.2) is 0 Å². The molecule has 19 heavy (non-hydrogen) atoms. The van der Waals surface area contributed by atoms with E-state index in [4.69, 9.17) is 10.5 Å². The molecular weight excluding hydrogens is 238 g/mol. The Morgan fingerprint density at radius 2 is 1.95 bits per heavy atom. The summed E-state index contributed by atoms with van der Waals surface area (Å²) in [7, 11) is 0. The van der Waals surface area contributed by atoms with E-state index in [1.54, 1.807) is 18.5 Å². The van der Waals surface area contributed by atoms with E-state index in [1.807, 2.05) is 37.3 Å². The van der Waals surface area contributed by atoms with Crippen LogP contribution in [-0.2, 0) is 0 Å². The normalized spacial score (nSPS) is 10.6. The van der Waals surface area contributed by atoms with Gasteiger partial charge in [-0.05, 0) is 36.8 Å². The topological polar surface area (TPSA) is 61.0 Å². The number of hydrogen-bond donors (Lipinski definition) is 1. The molecule has 3 aromatic rings. The maximum Gasteiger partial charge on any atom is 0.219 e. The van der Waals surface area contributed by atoms with E-state index in [0.717, 1.165) is 16.5 Å². The number of ether oxygens (including phenoxy) is 1. The van der Waals surface area contributed by atoms with Gasteiger partial charge in [0.25, 0.3) is 0 Å². The molecule has 3 rings (SSSR count). The summed E-state index contributed by atoms with van der Waals surface area (Å²) < 4.78 is 5.79. The van der Waals surface area contributed by atoms with Crippen LogP contribution in [0, 0.1) is 6.92 Å². The van der Waals surface area contributed by atoms with E-state index in [-0.39, 0.29) is 0 Å². The maximum absolute atomic E-state index is 5.90. The molecule has 2 heterocycles. The van der Waals surface area contributed by atoms with Crippen molar-refractivity contribution >= 4 is 16.6 Å². The maximum atomic E-state index is 5.90.